The van der Waals surface area contributed by atoms with Gasteiger partial charge in [0, 0.05) is 12.3 Å². The van der Waals surface area contributed by atoms with Gasteiger partial charge in [-0.15, -0.1) is 0 Å². The van der Waals surface area contributed by atoms with E-state index in [-0.39, 0.29) is 29.8 Å². The normalized spacial score (nSPS) is 27.7. The van der Waals surface area contributed by atoms with Crippen LogP contribution < -0.4 is 10.6 Å². The van der Waals surface area contributed by atoms with Gasteiger partial charge in [-0.05, 0) is 41.7 Å². The average molecular weight is 264 g/mol. The number of nitrogens with one attached hydrogen (secondary N) is 2. The van der Waals surface area contributed by atoms with E-state index in [0.717, 1.165) is 24.8 Å². The van der Waals surface area contributed by atoms with Crippen molar-refractivity contribution in [2.24, 2.45) is 5.92 Å². The Morgan fingerprint density at radius 3 is 2.89 bits per heavy atom. The van der Waals surface area contributed by atoms with Gasteiger partial charge in [-0.3, -0.25) is 9.59 Å². The molecule has 2 fully saturated rings. The van der Waals surface area contributed by atoms with Gasteiger partial charge in [-0.2, -0.15) is 11.3 Å². The van der Waals surface area contributed by atoms with E-state index < -0.39 is 0 Å². The first kappa shape index (κ1) is 11.7. The van der Waals surface area contributed by atoms with Crippen LogP contribution in [0.1, 0.15) is 37.3 Å². The second-order valence-corrected chi connectivity index (χ2v) is 5.81. The molecule has 3 rings (SSSR count). The van der Waals surface area contributed by atoms with Crippen molar-refractivity contribution in [2.75, 3.05) is 0 Å². The van der Waals surface area contributed by atoms with Crippen molar-refractivity contribution in [1.82, 2.24) is 10.6 Å². The topological polar surface area (TPSA) is 58.2 Å². The predicted octanol–water partition coefficient (Wildman–Crippen LogP) is 1.59. The number of thiophene rings is 1. The van der Waals surface area contributed by atoms with Crippen LogP contribution in [-0.2, 0) is 9.59 Å². The molecule has 1 aliphatic carbocycles. The summed E-state index contributed by atoms with van der Waals surface area (Å²) in [4.78, 5) is 23.4. The van der Waals surface area contributed by atoms with Gasteiger partial charge >= 0.3 is 0 Å². The predicted molar refractivity (Wildman–Crippen MR) is 69.1 cm³/mol. The number of carbonyl (C=O) groups excluding carboxylic acids is 2. The minimum absolute atomic E-state index is 0.0328. The lowest BCUT2D eigenvalue weighted by Crippen LogP contribution is -2.50. The van der Waals surface area contributed by atoms with Gasteiger partial charge in [0.25, 0.3) is 0 Å². The lowest BCUT2D eigenvalue weighted by Gasteiger charge is -2.32. The van der Waals surface area contributed by atoms with Crippen LogP contribution in [-0.4, -0.2) is 17.9 Å². The molecule has 96 valence electrons. The third-order valence-electron chi connectivity index (χ3n) is 3.58. The van der Waals surface area contributed by atoms with Crippen LogP contribution in [0.2, 0.25) is 0 Å². The van der Waals surface area contributed by atoms with Gasteiger partial charge in [0.1, 0.15) is 0 Å². The summed E-state index contributed by atoms with van der Waals surface area (Å²) in [6.07, 6.45) is 3.24. The maximum atomic E-state index is 11.8. The zero-order chi connectivity index (χ0) is 12.5. The van der Waals surface area contributed by atoms with Crippen LogP contribution in [0, 0.1) is 5.92 Å². The molecule has 0 radical (unpaired) electrons. The number of piperidine rings is 1. The first-order chi connectivity index (χ1) is 8.74. The molecule has 1 aromatic rings. The lowest BCUT2D eigenvalue weighted by molar-refractivity contribution is -0.127. The highest BCUT2D eigenvalue weighted by atomic mass is 32.1. The summed E-state index contributed by atoms with van der Waals surface area (Å²) in [5, 5.41) is 10.1. The van der Waals surface area contributed by atoms with Crippen molar-refractivity contribution >= 4 is 23.2 Å². The van der Waals surface area contributed by atoms with E-state index in [2.05, 4.69) is 10.6 Å². The molecular weight excluding hydrogens is 248 g/mol. The fraction of sp³-hybridized carbons (Fsp3) is 0.538. The van der Waals surface area contributed by atoms with E-state index >= 15 is 0 Å². The zero-order valence-corrected chi connectivity index (χ0v) is 10.8. The molecule has 2 heterocycles. The summed E-state index contributed by atoms with van der Waals surface area (Å²) in [6, 6.07) is 1.97. The molecule has 2 amide bonds. The van der Waals surface area contributed by atoms with Crippen molar-refractivity contribution < 1.29 is 9.59 Å². The molecule has 1 saturated heterocycles. The third-order valence-corrected chi connectivity index (χ3v) is 4.28. The summed E-state index contributed by atoms with van der Waals surface area (Å²) >= 11 is 1.61. The quantitative estimate of drug-likeness (QED) is 0.871. The standard InChI is InChI=1S/C13H16N2O2S/c16-11-4-3-10(14-13(17)8-1-2-8)12(15-11)9-5-6-18-7-9/h5-8,10,12H,1-4H2,(H,14,17)(H,15,16)/t10-,12+/m1/s1. The van der Waals surface area contributed by atoms with Crippen molar-refractivity contribution in [3.8, 4) is 0 Å². The smallest absolute Gasteiger partial charge is 0.223 e. The molecule has 2 N–H and O–H groups in total. The second-order valence-electron chi connectivity index (χ2n) is 5.03. The maximum Gasteiger partial charge on any atom is 0.223 e. The van der Waals surface area contributed by atoms with E-state index in [1.54, 1.807) is 11.3 Å². The Morgan fingerprint density at radius 1 is 1.39 bits per heavy atom. The van der Waals surface area contributed by atoms with Crippen molar-refractivity contribution in [1.29, 1.82) is 0 Å². The number of rotatable bonds is 3. The van der Waals surface area contributed by atoms with Crippen LogP contribution in [0.15, 0.2) is 16.8 Å². The molecule has 18 heavy (non-hydrogen) atoms. The first-order valence-corrected chi connectivity index (χ1v) is 7.30. The number of amides is 2. The molecule has 1 aliphatic heterocycles. The largest absolute Gasteiger partial charge is 0.351 e. The van der Waals surface area contributed by atoms with Crippen molar-refractivity contribution in [3.05, 3.63) is 22.4 Å². The Balaban J connectivity index is 1.73. The average Bonchev–Trinajstić information content (AvgIpc) is 3.07. The van der Waals surface area contributed by atoms with Gasteiger partial charge in [0.2, 0.25) is 11.8 Å². The fourth-order valence-electron chi connectivity index (χ4n) is 2.37. The Labute approximate surface area is 110 Å². The van der Waals surface area contributed by atoms with E-state index in [4.69, 9.17) is 0 Å². The molecule has 4 nitrogen and oxygen atoms in total. The molecule has 0 spiro atoms. The molecule has 0 bridgehead atoms. The van der Waals surface area contributed by atoms with Gasteiger partial charge in [-0.1, -0.05) is 0 Å². The minimum atomic E-state index is -0.0693. The summed E-state index contributed by atoms with van der Waals surface area (Å²) in [7, 11) is 0. The van der Waals surface area contributed by atoms with Crippen LogP contribution in [0.5, 0.6) is 0 Å². The molecule has 0 unspecified atom stereocenters. The highest BCUT2D eigenvalue weighted by Gasteiger charge is 2.35. The van der Waals surface area contributed by atoms with Crippen molar-refractivity contribution in [3.63, 3.8) is 0 Å². The van der Waals surface area contributed by atoms with E-state index in [9.17, 15) is 9.59 Å². The molecule has 2 aliphatic rings. The molecule has 2 atom stereocenters. The monoisotopic (exact) mass is 264 g/mol. The Kier molecular flexibility index (Phi) is 3.07. The summed E-state index contributed by atoms with van der Waals surface area (Å²) < 4.78 is 0. The van der Waals surface area contributed by atoms with Gasteiger partial charge in [-0.25, -0.2) is 0 Å². The Morgan fingerprint density at radius 2 is 2.22 bits per heavy atom. The van der Waals surface area contributed by atoms with Gasteiger partial charge in [0.15, 0.2) is 0 Å². The van der Waals surface area contributed by atoms with Crippen LogP contribution in [0.3, 0.4) is 0 Å². The Hall–Kier alpha value is -1.36. The third kappa shape index (κ3) is 2.41. The van der Waals surface area contributed by atoms with E-state index in [1.807, 2.05) is 16.8 Å². The highest BCUT2D eigenvalue weighted by Crippen LogP contribution is 2.31. The van der Waals surface area contributed by atoms with E-state index in [0.29, 0.717) is 6.42 Å². The number of carbonyl (C=O) groups is 2. The van der Waals surface area contributed by atoms with Crippen molar-refractivity contribution in [2.45, 2.75) is 37.8 Å². The number of hydrogen-bond donors (Lipinski definition) is 2. The summed E-state index contributed by atoms with van der Waals surface area (Å²) in [5.41, 5.74) is 1.09. The second kappa shape index (κ2) is 4.72. The van der Waals surface area contributed by atoms with Crippen LogP contribution >= 0.6 is 11.3 Å². The molecule has 1 saturated carbocycles. The summed E-state index contributed by atoms with van der Waals surface area (Å²) in [6.45, 7) is 0. The van der Waals surface area contributed by atoms with E-state index in [1.165, 1.54) is 0 Å². The highest BCUT2D eigenvalue weighted by molar-refractivity contribution is 7.08. The lowest BCUT2D eigenvalue weighted by atomic mass is 9.93. The molecule has 1 aromatic heterocycles. The first-order valence-electron chi connectivity index (χ1n) is 6.36. The zero-order valence-electron chi connectivity index (χ0n) is 10.0. The number of hydrogen-bond acceptors (Lipinski definition) is 3. The molecular formula is C13H16N2O2S. The SMILES string of the molecule is O=C1CC[C@@H](NC(=O)C2CC2)[C@H](c2ccsc2)N1. The fourth-order valence-corrected chi connectivity index (χ4v) is 3.07. The minimum Gasteiger partial charge on any atom is -0.351 e. The maximum absolute atomic E-state index is 11.8. The molecule has 5 heteroatoms. The summed E-state index contributed by atoms with van der Waals surface area (Å²) in [5.74, 6) is 0.435. The Bertz CT molecular complexity index is 454. The van der Waals surface area contributed by atoms with Crippen LogP contribution in [0.25, 0.3) is 0 Å². The van der Waals surface area contributed by atoms with Gasteiger partial charge in [0.05, 0.1) is 12.1 Å². The van der Waals surface area contributed by atoms with Crippen LogP contribution in [0.4, 0.5) is 0 Å². The van der Waals surface area contributed by atoms with Gasteiger partial charge < -0.3 is 10.6 Å². The molecule has 0 aromatic carbocycles.